The summed E-state index contributed by atoms with van der Waals surface area (Å²) in [5, 5.41) is 0. The highest BCUT2D eigenvalue weighted by Crippen LogP contribution is 2.17. The van der Waals surface area contributed by atoms with Crippen molar-refractivity contribution in [1.82, 2.24) is 9.97 Å². The van der Waals surface area contributed by atoms with Crippen LogP contribution in [0.1, 0.15) is 5.69 Å². The van der Waals surface area contributed by atoms with Crippen molar-refractivity contribution >= 4 is 0 Å². The number of rotatable bonds is 3. The molecule has 0 atom stereocenters. The molecule has 0 aliphatic carbocycles. The summed E-state index contributed by atoms with van der Waals surface area (Å²) in [4.78, 5) is 18.1. The topological polar surface area (TPSA) is 71.8 Å². The van der Waals surface area contributed by atoms with Crippen LogP contribution in [0.15, 0.2) is 35.1 Å². The summed E-state index contributed by atoms with van der Waals surface area (Å²) < 4.78 is 13.5. The Morgan fingerprint density at radius 1 is 1.35 bits per heavy atom. The van der Waals surface area contributed by atoms with Crippen molar-refractivity contribution in [3.05, 3.63) is 52.2 Å². The molecule has 3 N–H and O–H groups in total. The molecule has 0 aliphatic rings. The van der Waals surface area contributed by atoms with Crippen molar-refractivity contribution < 1.29 is 4.39 Å². The molecule has 2 aromatic rings. The Kier molecular flexibility index (Phi) is 3.30. The summed E-state index contributed by atoms with van der Waals surface area (Å²) in [6.07, 6.45) is 0.491. The summed E-state index contributed by atoms with van der Waals surface area (Å²) in [6.45, 7) is 0.396. The molecular weight excluding hydrogens is 221 g/mol. The van der Waals surface area contributed by atoms with Gasteiger partial charge in [0.1, 0.15) is 11.6 Å². The van der Waals surface area contributed by atoms with E-state index in [2.05, 4.69) is 9.97 Å². The summed E-state index contributed by atoms with van der Waals surface area (Å²) in [6, 6.07) is 7.54. The quantitative estimate of drug-likeness (QED) is 0.833. The summed E-state index contributed by atoms with van der Waals surface area (Å²) in [5.74, 6) is -0.181. The van der Waals surface area contributed by atoms with E-state index < -0.39 is 5.82 Å². The molecule has 1 aromatic carbocycles. The zero-order valence-electron chi connectivity index (χ0n) is 9.11. The average Bonchev–Trinajstić information content (AvgIpc) is 2.29. The van der Waals surface area contributed by atoms with Gasteiger partial charge in [0.15, 0.2) is 0 Å². The zero-order chi connectivity index (χ0) is 12.3. The molecule has 0 bridgehead atoms. The van der Waals surface area contributed by atoms with E-state index in [1.807, 2.05) is 0 Å². The van der Waals surface area contributed by atoms with Crippen molar-refractivity contribution in [2.75, 3.05) is 6.54 Å². The highest BCUT2D eigenvalue weighted by atomic mass is 19.1. The van der Waals surface area contributed by atoms with Crippen molar-refractivity contribution in [2.24, 2.45) is 5.73 Å². The fraction of sp³-hybridized carbons (Fsp3) is 0.167. The van der Waals surface area contributed by atoms with Gasteiger partial charge in [0.05, 0.1) is 5.56 Å². The monoisotopic (exact) mass is 233 g/mol. The van der Waals surface area contributed by atoms with Gasteiger partial charge in [-0.05, 0) is 18.7 Å². The second kappa shape index (κ2) is 4.88. The highest BCUT2D eigenvalue weighted by Gasteiger charge is 2.07. The van der Waals surface area contributed by atoms with Crippen LogP contribution in [0.4, 0.5) is 4.39 Å². The molecular formula is C12H12FN3O. The number of hydrogen-bond donors (Lipinski definition) is 2. The predicted molar refractivity (Wildman–Crippen MR) is 63.0 cm³/mol. The molecule has 88 valence electrons. The number of H-pyrrole nitrogens is 1. The number of hydrogen-bond acceptors (Lipinski definition) is 3. The van der Waals surface area contributed by atoms with E-state index in [0.29, 0.717) is 18.7 Å². The van der Waals surface area contributed by atoms with E-state index in [0.717, 1.165) is 0 Å². The van der Waals surface area contributed by atoms with Gasteiger partial charge in [0.25, 0.3) is 5.56 Å². The van der Waals surface area contributed by atoms with Crippen LogP contribution in [-0.4, -0.2) is 16.5 Å². The van der Waals surface area contributed by atoms with Crippen LogP contribution in [0.5, 0.6) is 0 Å². The molecule has 1 aromatic heterocycles. The molecule has 0 amide bonds. The lowest BCUT2D eigenvalue weighted by atomic mass is 10.2. The Hall–Kier alpha value is -2.01. The van der Waals surface area contributed by atoms with Gasteiger partial charge in [0.2, 0.25) is 0 Å². The Morgan fingerprint density at radius 2 is 2.12 bits per heavy atom. The molecule has 0 fully saturated rings. The van der Waals surface area contributed by atoms with E-state index in [1.54, 1.807) is 18.2 Å². The van der Waals surface area contributed by atoms with E-state index in [4.69, 9.17) is 5.73 Å². The lowest BCUT2D eigenvalue weighted by Crippen LogP contribution is -2.13. The molecule has 17 heavy (non-hydrogen) atoms. The summed E-state index contributed by atoms with van der Waals surface area (Å²) >= 11 is 0. The summed E-state index contributed by atoms with van der Waals surface area (Å²) in [5.41, 5.74) is 5.94. The van der Waals surface area contributed by atoms with Crippen LogP contribution in [-0.2, 0) is 6.42 Å². The first-order valence-electron chi connectivity index (χ1n) is 5.26. The number of benzene rings is 1. The maximum Gasteiger partial charge on any atom is 0.251 e. The van der Waals surface area contributed by atoms with Crippen LogP contribution in [0, 0.1) is 5.82 Å². The molecule has 0 radical (unpaired) electrons. The lowest BCUT2D eigenvalue weighted by Gasteiger charge is -2.04. The zero-order valence-corrected chi connectivity index (χ0v) is 9.11. The minimum Gasteiger partial charge on any atom is -0.330 e. The Morgan fingerprint density at radius 3 is 2.82 bits per heavy atom. The normalized spacial score (nSPS) is 10.5. The van der Waals surface area contributed by atoms with Gasteiger partial charge in [0, 0.05) is 18.2 Å². The number of halogens is 1. The van der Waals surface area contributed by atoms with Crippen LogP contribution in [0.3, 0.4) is 0 Å². The molecule has 0 unspecified atom stereocenters. The number of nitrogens with one attached hydrogen (secondary N) is 1. The second-order valence-corrected chi connectivity index (χ2v) is 3.60. The van der Waals surface area contributed by atoms with Gasteiger partial charge >= 0.3 is 0 Å². The molecule has 2 rings (SSSR count). The van der Waals surface area contributed by atoms with E-state index in [9.17, 15) is 9.18 Å². The molecule has 4 nitrogen and oxygen atoms in total. The third kappa shape index (κ3) is 2.57. The molecule has 0 saturated carbocycles. The number of nitrogens with zero attached hydrogens (tertiary/aromatic N) is 1. The van der Waals surface area contributed by atoms with Gasteiger partial charge in [-0.2, -0.15) is 0 Å². The van der Waals surface area contributed by atoms with E-state index in [1.165, 1.54) is 12.1 Å². The van der Waals surface area contributed by atoms with Gasteiger partial charge in [-0.3, -0.25) is 4.79 Å². The molecule has 0 saturated heterocycles. The average molecular weight is 233 g/mol. The first-order valence-corrected chi connectivity index (χ1v) is 5.26. The Balaban J connectivity index is 2.52. The molecule has 0 aliphatic heterocycles. The minimum atomic E-state index is -0.416. The van der Waals surface area contributed by atoms with Crippen molar-refractivity contribution in [2.45, 2.75) is 6.42 Å². The molecule has 5 heteroatoms. The SMILES string of the molecule is NCCc1cc(=O)[nH]c(-c2ccccc2F)n1. The fourth-order valence-corrected chi connectivity index (χ4v) is 1.56. The van der Waals surface area contributed by atoms with Crippen molar-refractivity contribution in [3.63, 3.8) is 0 Å². The standard InChI is InChI=1S/C12H12FN3O/c13-10-4-2-1-3-9(10)12-15-8(5-6-14)7-11(17)16-12/h1-4,7H,5-6,14H2,(H,15,16,17). The van der Waals surface area contributed by atoms with Gasteiger partial charge in [-0.15, -0.1) is 0 Å². The van der Waals surface area contributed by atoms with Crippen LogP contribution in [0.2, 0.25) is 0 Å². The fourth-order valence-electron chi connectivity index (χ4n) is 1.56. The minimum absolute atomic E-state index is 0.235. The van der Waals surface area contributed by atoms with Crippen LogP contribution < -0.4 is 11.3 Å². The van der Waals surface area contributed by atoms with Crippen LogP contribution in [0.25, 0.3) is 11.4 Å². The Labute approximate surface area is 97.3 Å². The van der Waals surface area contributed by atoms with E-state index in [-0.39, 0.29) is 16.9 Å². The Bertz CT molecular complexity index is 580. The number of aromatic nitrogens is 2. The third-order valence-electron chi connectivity index (χ3n) is 2.32. The highest BCUT2D eigenvalue weighted by molar-refractivity contribution is 5.55. The smallest absolute Gasteiger partial charge is 0.251 e. The first-order chi connectivity index (χ1) is 8.20. The van der Waals surface area contributed by atoms with Gasteiger partial charge in [-0.25, -0.2) is 9.37 Å². The summed E-state index contributed by atoms with van der Waals surface area (Å²) in [7, 11) is 0. The lowest BCUT2D eigenvalue weighted by molar-refractivity contribution is 0.629. The van der Waals surface area contributed by atoms with Crippen molar-refractivity contribution in [1.29, 1.82) is 0 Å². The van der Waals surface area contributed by atoms with Gasteiger partial charge in [-0.1, -0.05) is 12.1 Å². The van der Waals surface area contributed by atoms with E-state index >= 15 is 0 Å². The number of aromatic amines is 1. The second-order valence-electron chi connectivity index (χ2n) is 3.60. The van der Waals surface area contributed by atoms with Crippen molar-refractivity contribution in [3.8, 4) is 11.4 Å². The predicted octanol–water partition coefficient (Wildman–Crippen LogP) is 1.08. The first kappa shape index (κ1) is 11.5. The maximum absolute atomic E-state index is 13.5. The molecule has 0 spiro atoms. The maximum atomic E-state index is 13.5. The van der Waals surface area contributed by atoms with Gasteiger partial charge < -0.3 is 10.7 Å². The van der Waals surface area contributed by atoms with Crippen LogP contribution >= 0.6 is 0 Å². The largest absolute Gasteiger partial charge is 0.330 e. The molecule has 1 heterocycles. The third-order valence-corrected chi connectivity index (χ3v) is 2.32. The number of nitrogens with two attached hydrogens (primary N) is 1.